The van der Waals surface area contributed by atoms with Gasteiger partial charge in [0.1, 0.15) is 5.75 Å². The lowest BCUT2D eigenvalue weighted by atomic mass is 10.1. The number of hydrogen-bond acceptors (Lipinski definition) is 8. The van der Waals surface area contributed by atoms with Crippen molar-refractivity contribution in [3.8, 4) is 28.5 Å². The Balaban J connectivity index is 1.45. The number of methoxy groups -OCH3 is 2. The Morgan fingerprint density at radius 2 is 1.79 bits per heavy atom. The van der Waals surface area contributed by atoms with Crippen molar-refractivity contribution in [3.63, 3.8) is 0 Å². The Bertz CT molecular complexity index is 1260. The molecule has 0 aliphatic rings. The van der Waals surface area contributed by atoms with Crippen LogP contribution in [0.3, 0.4) is 0 Å². The molecule has 0 saturated carbocycles. The molecule has 0 bridgehead atoms. The van der Waals surface area contributed by atoms with Crippen molar-refractivity contribution in [1.82, 2.24) is 19.8 Å². The minimum atomic E-state index is -0.188. The average Bonchev–Trinajstić information content (AvgIpc) is 3.25. The number of carbonyl (C=O) groups excluding carboxylic acids is 1. The van der Waals surface area contributed by atoms with Gasteiger partial charge in [0.05, 0.1) is 32.3 Å². The number of nitrogens with zero attached hydrogens (tertiary/aromatic N) is 4. The summed E-state index contributed by atoms with van der Waals surface area (Å²) in [5.74, 6) is 1.89. The summed E-state index contributed by atoms with van der Waals surface area (Å²) < 4.78 is 17.6. The summed E-state index contributed by atoms with van der Waals surface area (Å²) in [6, 6.07) is 16.6. The maximum atomic E-state index is 12.5. The zero-order chi connectivity index (χ0) is 23.2. The fourth-order valence-corrected chi connectivity index (χ4v) is 3.83. The predicted molar refractivity (Wildman–Crippen MR) is 126 cm³/mol. The van der Waals surface area contributed by atoms with Gasteiger partial charge in [0.2, 0.25) is 11.1 Å². The molecule has 2 heterocycles. The first kappa shape index (κ1) is 22.4. The van der Waals surface area contributed by atoms with Gasteiger partial charge in [-0.2, -0.15) is 9.61 Å². The molecule has 4 rings (SSSR count). The highest BCUT2D eigenvalue weighted by Crippen LogP contribution is 2.30. The van der Waals surface area contributed by atoms with Gasteiger partial charge in [-0.25, -0.2) is 0 Å². The Kier molecular flexibility index (Phi) is 6.94. The smallest absolute Gasteiger partial charge is 0.234 e. The maximum absolute atomic E-state index is 12.5. The van der Waals surface area contributed by atoms with Crippen molar-refractivity contribution in [2.75, 3.05) is 31.9 Å². The van der Waals surface area contributed by atoms with E-state index in [4.69, 9.17) is 14.2 Å². The third-order valence-corrected chi connectivity index (χ3v) is 5.61. The molecule has 170 valence electrons. The topological polar surface area (TPSA) is 99.9 Å². The molecule has 9 nitrogen and oxygen atoms in total. The molecule has 0 radical (unpaired) electrons. The number of aromatic nitrogens is 4. The molecular formula is C23H23N5O4S. The first-order valence-electron chi connectivity index (χ1n) is 10.2. The number of amides is 1. The monoisotopic (exact) mass is 465 g/mol. The van der Waals surface area contributed by atoms with Crippen molar-refractivity contribution in [2.45, 2.75) is 12.1 Å². The number of fused-ring (bicyclic) bond motifs is 1. The van der Waals surface area contributed by atoms with Gasteiger partial charge < -0.3 is 19.5 Å². The van der Waals surface area contributed by atoms with Gasteiger partial charge in [-0.05, 0) is 55.5 Å². The lowest BCUT2D eigenvalue weighted by Crippen LogP contribution is -2.14. The molecule has 1 N–H and O–H groups in total. The third kappa shape index (κ3) is 5.17. The fourth-order valence-electron chi connectivity index (χ4n) is 3.14. The third-order valence-electron chi connectivity index (χ3n) is 4.69. The molecule has 2 aromatic carbocycles. The van der Waals surface area contributed by atoms with Gasteiger partial charge >= 0.3 is 0 Å². The first-order chi connectivity index (χ1) is 16.1. The van der Waals surface area contributed by atoms with Crippen molar-refractivity contribution in [2.24, 2.45) is 0 Å². The van der Waals surface area contributed by atoms with Crippen LogP contribution in [0.2, 0.25) is 0 Å². The van der Waals surface area contributed by atoms with Gasteiger partial charge in [-0.15, -0.1) is 10.2 Å². The number of thioether (sulfide) groups is 1. The number of hydrogen-bond donors (Lipinski definition) is 1. The predicted octanol–water partition coefficient (Wildman–Crippen LogP) is 3.94. The van der Waals surface area contributed by atoms with Crippen LogP contribution in [0.25, 0.3) is 16.9 Å². The molecule has 0 atom stereocenters. The summed E-state index contributed by atoms with van der Waals surface area (Å²) in [5.41, 5.74) is 2.92. The van der Waals surface area contributed by atoms with Crippen LogP contribution in [0, 0.1) is 0 Å². The molecule has 0 unspecified atom stereocenters. The van der Waals surface area contributed by atoms with E-state index < -0.39 is 0 Å². The van der Waals surface area contributed by atoms with Gasteiger partial charge in [0.15, 0.2) is 17.1 Å². The second kappa shape index (κ2) is 10.2. The number of nitrogens with one attached hydrogen (secondary N) is 1. The van der Waals surface area contributed by atoms with Gasteiger partial charge in [-0.1, -0.05) is 11.8 Å². The molecule has 33 heavy (non-hydrogen) atoms. The molecule has 0 aliphatic heterocycles. The minimum absolute atomic E-state index is 0.143. The van der Waals surface area contributed by atoms with Crippen molar-refractivity contribution in [3.05, 3.63) is 54.6 Å². The Morgan fingerprint density at radius 3 is 2.52 bits per heavy atom. The van der Waals surface area contributed by atoms with Crippen LogP contribution in [0.15, 0.2) is 59.8 Å². The molecule has 0 spiro atoms. The van der Waals surface area contributed by atoms with E-state index in [0.717, 1.165) is 17.0 Å². The number of anilines is 1. The van der Waals surface area contributed by atoms with Crippen LogP contribution >= 0.6 is 11.8 Å². The van der Waals surface area contributed by atoms with Gasteiger partial charge in [-0.3, -0.25) is 4.79 Å². The highest BCUT2D eigenvalue weighted by atomic mass is 32.2. The summed E-state index contributed by atoms with van der Waals surface area (Å²) in [5, 5.41) is 16.3. The normalized spacial score (nSPS) is 10.8. The van der Waals surface area contributed by atoms with Gasteiger partial charge in [0, 0.05) is 17.3 Å². The molecule has 0 saturated heterocycles. The van der Waals surface area contributed by atoms with Gasteiger partial charge in [0.25, 0.3) is 0 Å². The Hall–Kier alpha value is -3.79. The zero-order valence-corrected chi connectivity index (χ0v) is 19.3. The highest BCUT2D eigenvalue weighted by Gasteiger charge is 2.13. The van der Waals surface area contributed by atoms with Crippen molar-refractivity contribution < 1.29 is 19.0 Å². The Labute approximate surface area is 195 Å². The van der Waals surface area contributed by atoms with E-state index in [0.29, 0.717) is 34.6 Å². The van der Waals surface area contributed by atoms with Crippen LogP contribution < -0.4 is 19.5 Å². The number of carbonyl (C=O) groups is 1. The zero-order valence-electron chi connectivity index (χ0n) is 18.4. The fraction of sp³-hybridized carbons (Fsp3) is 0.217. The van der Waals surface area contributed by atoms with Crippen molar-refractivity contribution in [1.29, 1.82) is 0 Å². The Morgan fingerprint density at radius 1 is 1.00 bits per heavy atom. The van der Waals surface area contributed by atoms with Crippen LogP contribution in [0.1, 0.15) is 6.92 Å². The molecular weight excluding hydrogens is 442 g/mol. The second-order valence-electron chi connectivity index (χ2n) is 6.84. The standard InChI is InChI=1S/C23H23N5O4S/c1-4-32-17-8-5-15(6-9-17)18-10-12-21-25-26-23(28(21)27-18)33-14-22(29)24-16-7-11-19(30-2)20(13-16)31-3/h5-13H,4,14H2,1-3H3,(H,24,29). The van der Waals surface area contributed by atoms with E-state index in [1.807, 2.05) is 43.3 Å². The average molecular weight is 466 g/mol. The number of ether oxygens (including phenoxy) is 3. The quantitative estimate of drug-likeness (QED) is 0.371. The van der Waals surface area contributed by atoms with Crippen LogP contribution in [-0.2, 0) is 4.79 Å². The number of benzene rings is 2. The van der Waals surface area contributed by atoms with E-state index in [1.165, 1.54) is 11.8 Å². The molecule has 0 fully saturated rings. The van der Waals surface area contributed by atoms with E-state index >= 15 is 0 Å². The van der Waals surface area contributed by atoms with E-state index in [9.17, 15) is 4.79 Å². The number of rotatable bonds is 9. The van der Waals surface area contributed by atoms with Crippen LogP contribution in [0.5, 0.6) is 17.2 Å². The van der Waals surface area contributed by atoms with Crippen LogP contribution in [-0.4, -0.2) is 52.3 Å². The molecule has 10 heteroatoms. The summed E-state index contributed by atoms with van der Waals surface area (Å²) >= 11 is 1.25. The van der Waals surface area contributed by atoms with E-state index in [2.05, 4.69) is 20.6 Å². The van der Waals surface area contributed by atoms with E-state index in [-0.39, 0.29) is 11.7 Å². The lowest BCUT2D eigenvalue weighted by Gasteiger charge is -2.10. The molecule has 2 aromatic heterocycles. The molecule has 0 aliphatic carbocycles. The summed E-state index contributed by atoms with van der Waals surface area (Å²) in [6.45, 7) is 2.56. The maximum Gasteiger partial charge on any atom is 0.234 e. The molecule has 4 aromatic rings. The SMILES string of the molecule is CCOc1ccc(-c2ccc3nnc(SCC(=O)Nc4ccc(OC)c(OC)c4)n3n2)cc1. The first-order valence-corrected chi connectivity index (χ1v) is 11.2. The molecule has 1 amide bonds. The van der Waals surface area contributed by atoms with E-state index in [1.54, 1.807) is 36.9 Å². The minimum Gasteiger partial charge on any atom is -0.494 e. The van der Waals surface area contributed by atoms with Crippen molar-refractivity contribution >= 4 is 29.0 Å². The summed E-state index contributed by atoms with van der Waals surface area (Å²) in [6.07, 6.45) is 0. The van der Waals surface area contributed by atoms with Crippen LogP contribution in [0.4, 0.5) is 5.69 Å². The summed E-state index contributed by atoms with van der Waals surface area (Å²) in [7, 11) is 3.11. The summed E-state index contributed by atoms with van der Waals surface area (Å²) in [4.78, 5) is 12.5. The highest BCUT2D eigenvalue weighted by molar-refractivity contribution is 7.99. The second-order valence-corrected chi connectivity index (χ2v) is 7.78. The lowest BCUT2D eigenvalue weighted by molar-refractivity contribution is -0.113. The largest absolute Gasteiger partial charge is 0.494 e.